The molecular weight excluding hydrogens is 368 g/mol. The second kappa shape index (κ2) is 10.6. The van der Waals surface area contributed by atoms with Crippen LogP contribution in [0.3, 0.4) is 0 Å². The number of terminal acetylenes is 1. The molecule has 0 fully saturated rings. The summed E-state index contributed by atoms with van der Waals surface area (Å²) in [5, 5.41) is 0. The molecule has 27 heavy (non-hydrogen) atoms. The SMILES string of the molecule is C#CCOCCOc1ccc(OCCOS(=O)(=O)c2ccc(C)cc2)cc1. The van der Waals surface area contributed by atoms with E-state index in [9.17, 15) is 8.42 Å². The molecule has 0 N–H and O–H groups in total. The molecule has 0 spiro atoms. The maximum absolute atomic E-state index is 12.1. The van der Waals surface area contributed by atoms with E-state index >= 15 is 0 Å². The van der Waals surface area contributed by atoms with Crippen LogP contribution in [0.4, 0.5) is 0 Å². The zero-order chi connectivity index (χ0) is 19.5. The lowest BCUT2D eigenvalue weighted by Gasteiger charge is -2.09. The third-order valence-electron chi connectivity index (χ3n) is 3.41. The van der Waals surface area contributed by atoms with Gasteiger partial charge in [-0.3, -0.25) is 4.18 Å². The van der Waals surface area contributed by atoms with Gasteiger partial charge in [-0.15, -0.1) is 6.42 Å². The smallest absolute Gasteiger partial charge is 0.297 e. The van der Waals surface area contributed by atoms with Gasteiger partial charge in [0.15, 0.2) is 0 Å². The fourth-order valence-electron chi connectivity index (χ4n) is 2.06. The lowest BCUT2D eigenvalue weighted by atomic mass is 10.2. The Kier molecular flexibility index (Phi) is 8.14. The first-order chi connectivity index (χ1) is 13.0. The highest BCUT2D eigenvalue weighted by Crippen LogP contribution is 2.18. The Labute approximate surface area is 160 Å². The molecule has 0 aliphatic heterocycles. The highest BCUT2D eigenvalue weighted by molar-refractivity contribution is 7.86. The van der Waals surface area contributed by atoms with Crippen LogP contribution in [0.15, 0.2) is 53.4 Å². The number of aryl methyl sites for hydroxylation is 1. The molecule has 0 aliphatic rings. The third-order valence-corrected chi connectivity index (χ3v) is 4.73. The molecule has 2 aromatic carbocycles. The molecule has 144 valence electrons. The van der Waals surface area contributed by atoms with Crippen LogP contribution >= 0.6 is 0 Å². The van der Waals surface area contributed by atoms with Gasteiger partial charge >= 0.3 is 0 Å². The van der Waals surface area contributed by atoms with E-state index < -0.39 is 10.1 Å². The van der Waals surface area contributed by atoms with Crippen LogP contribution in [-0.4, -0.2) is 41.5 Å². The Morgan fingerprint density at radius 1 is 0.852 bits per heavy atom. The molecular formula is C20H22O6S. The summed E-state index contributed by atoms with van der Waals surface area (Å²) in [6.45, 7) is 2.97. The summed E-state index contributed by atoms with van der Waals surface area (Å²) >= 11 is 0. The van der Waals surface area contributed by atoms with E-state index in [-0.39, 0.29) is 24.7 Å². The van der Waals surface area contributed by atoms with E-state index in [1.165, 1.54) is 12.1 Å². The molecule has 0 amide bonds. The lowest BCUT2D eigenvalue weighted by molar-refractivity contribution is 0.124. The minimum Gasteiger partial charge on any atom is -0.491 e. The van der Waals surface area contributed by atoms with E-state index in [4.69, 9.17) is 24.8 Å². The summed E-state index contributed by atoms with van der Waals surface area (Å²) in [6.07, 6.45) is 5.08. The molecule has 6 nitrogen and oxygen atoms in total. The van der Waals surface area contributed by atoms with Crippen molar-refractivity contribution in [3.63, 3.8) is 0 Å². The number of benzene rings is 2. The Morgan fingerprint density at radius 2 is 1.41 bits per heavy atom. The lowest BCUT2D eigenvalue weighted by Crippen LogP contribution is -2.13. The van der Waals surface area contributed by atoms with Gasteiger partial charge in [0.25, 0.3) is 10.1 Å². The van der Waals surface area contributed by atoms with Crippen LogP contribution in [0.1, 0.15) is 5.56 Å². The quantitative estimate of drug-likeness (QED) is 0.334. The Morgan fingerprint density at radius 3 is 1.96 bits per heavy atom. The fraction of sp³-hybridized carbons (Fsp3) is 0.300. The second-order valence-corrected chi connectivity index (χ2v) is 7.13. The van der Waals surface area contributed by atoms with Crippen LogP contribution < -0.4 is 9.47 Å². The predicted octanol–water partition coefficient (Wildman–Crippen LogP) is 2.81. The first-order valence-electron chi connectivity index (χ1n) is 8.34. The standard InChI is InChI=1S/C20H22O6S/c1-3-12-23-13-14-24-18-6-8-19(9-7-18)25-15-16-26-27(21,22)20-10-4-17(2)5-11-20/h1,4-11H,12-16H2,2H3. The molecule has 0 aliphatic carbocycles. The number of hydrogen-bond donors (Lipinski definition) is 0. The van der Waals surface area contributed by atoms with Crippen molar-refractivity contribution in [2.75, 3.05) is 33.0 Å². The highest BCUT2D eigenvalue weighted by atomic mass is 32.2. The van der Waals surface area contributed by atoms with Gasteiger partial charge in [-0.05, 0) is 43.3 Å². The molecule has 0 heterocycles. The van der Waals surface area contributed by atoms with Gasteiger partial charge in [-0.1, -0.05) is 23.6 Å². The van der Waals surface area contributed by atoms with Gasteiger partial charge in [0.1, 0.15) is 37.9 Å². The van der Waals surface area contributed by atoms with E-state index in [1.807, 2.05) is 6.92 Å². The van der Waals surface area contributed by atoms with Crippen molar-refractivity contribution in [3.05, 3.63) is 54.1 Å². The van der Waals surface area contributed by atoms with Gasteiger partial charge in [0.05, 0.1) is 11.5 Å². The summed E-state index contributed by atoms with van der Waals surface area (Å²) in [6, 6.07) is 13.4. The van der Waals surface area contributed by atoms with Crippen LogP contribution in [0, 0.1) is 19.3 Å². The van der Waals surface area contributed by atoms with Crippen molar-refractivity contribution >= 4 is 10.1 Å². The van der Waals surface area contributed by atoms with Crippen molar-refractivity contribution in [2.24, 2.45) is 0 Å². The number of rotatable bonds is 11. The molecule has 0 saturated heterocycles. The maximum Gasteiger partial charge on any atom is 0.297 e. The van der Waals surface area contributed by atoms with Crippen molar-refractivity contribution < 1.29 is 26.8 Å². The molecule has 0 atom stereocenters. The first kappa shape index (κ1) is 20.8. The maximum atomic E-state index is 12.1. The second-order valence-electron chi connectivity index (χ2n) is 5.51. The summed E-state index contributed by atoms with van der Waals surface area (Å²) in [4.78, 5) is 0.126. The van der Waals surface area contributed by atoms with E-state index in [0.717, 1.165) is 5.56 Å². The Hall–Kier alpha value is -2.53. The largest absolute Gasteiger partial charge is 0.491 e. The number of hydrogen-bond acceptors (Lipinski definition) is 6. The van der Waals surface area contributed by atoms with Crippen LogP contribution in [0.2, 0.25) is 0 Å². The molecule has 7 heteroatoms. The minimum absolute atomic E-state index is 0.0824. The molecule has 0 bridgehead atoms. The third kappa shape index (κ3) is 7.31. The van der Waals surface area contributed by atoms with Crippen LogP contribution in [0.5, 0.6) is 11.5 Å². The summed E-state index contributed by atoms with van der Waals surface area (Å²) in [7, 11) is -3.78. The zero-order valence-corrected chi connectivity index (χ0v) is 15.9. The highest BCUT2D eigenvalue weighted by Gasteiger charge is 2.14. The van der Waals surface area contributed by atoms with Crippen molar-refractivity contribution in [2.45, 2.75) is 11.8 Å². The van der Waals surface area contributed by atoms with Gasteiger partial charge in [-0.2, -0.15) is 8.42 Å². The molecule has 0 aromatic heterocycles. The summed E-state index contributed by atoms with van der Waals surface area (Å²) < 4.78 is 45.2. The molecule has 2 aromatic rings. The Balaban J connectivity index is 1.71. The molecule has 0 radical (unpaired) electrons. The van der Waals surface area contributed by atoms with Gasteiger partial charge in [0, 0.05) is 0 Å². The normalized spacial score (nSPS) is 11.0. The van der Waals surface area contributed by atoms with Gasteiger partial charge in [-0.25, -0.2) is 0 Å². The Bertz CT molecular complexity index is 836. The van der Waals surface area contributed by atoms with Gasteiger partial charge < -0.3 is 14.2 Å². The predicted molar refractivity (Wildman–Crippen MR) is 101 cm³/mol. The van der Waals surface area contributed by atoms with Gasteiger partial charge in [0.2, 0.25) is 0 Å². The first-order valence-corrected chi connectivity index (χ1v) is 9.75. The average molecular weight is 390 g/mol. The summed E-state index contributed by atoms with van der Waals surface area (Å²) in [5.74, 6) is 3.63. The van der Waals surface area contributed by atoms with Crippen molar-refractivity contribution in [1.29, 1.82) is 0 Å². The molecule has 0 saturated carbocycles. The monoisotopic (exact) mass is 390 g/mol. The average Bonchev–Trinajstić information content (AvgIpc) is 2.66. The molecule has 2 rings (SSSR count). The van der Waals surface area contributed by atoms with Crippen molar-refractivity contribution in [3.8, 4) is 23.8 Å². The van der Waals surface area contributed by atoms with Crippen molar-refractivity contribution in [1.82, 2.24) is 0 Å². The molecule has 0 unspecified atom stereocenters. The van der Waals surface area contributed by atoms with Crippen LogP contribution in [0.25, 0.3) is 0 Å². The van der Waals surface area contributed by atoms with E-state index in [1.54, 1.807) is 36.4 Å². The fourth-order valence-corrected chi connectivity index (χ4v) is 2.95. The zero-order valence-electron chi connectivity index (χ0n) is 15.1. The van der Waals surface area contributed by atoms with Crippen LogP contribution in [-0.2, 0) is 19.0 Å². The van der Waals surface area contributed by atoms with E-state index in [2.05, 4.69) is 5.92 Å². The van der Waals surface area contributed by atoms with E-state index in [0.29, 0.717) is 24.7 Å². The number of ether oxygens (including phenoxy) is 3. The summed E-state index contributed by atoms with van der Waals surface area (Å²) in [5.41, 5.74) is 0.977. The topological polar surface area (TPSA) is 71.1 Å². The minimum atomic E-state index is -3.78.